The predicted molar refractivity (Wildman–Crippen MR) is 77.5 cm³/mol. The summed E-state index contributed by atoms with van der Waals surface area (Å²) in [5.41, 5.74) is 5.28. The minimum atomic E-state index is 0.846. The Kier molecular flexibility index (Phi) is 2.32. The summed E-state index contributed by atoms with van der Waals surface area (Å²) in [6, 6.07) is 6.19. The third kappa shape index (κ3) is 1.60. The molecule has 0 amide bonds. The van der Waals surface area contributed by atoms with Gasteiger partial charge in [-0.1, -0.05) is 6.92 Å². The first-order valence-electron chi connectivity index (χ1n) is 6.61. The molecule has 98 valence electrons. The van der Waals surface area contributed by atoms with Crippen molar-refractivity contribution in [2.45, 2.75) is 13.3 Å². The van der Waals surface area contributed by atoms with E-state index in [9.17, 15) is 0 Å². The van der Waals surface area contributed by atoms with Crippen molar-refractivity contribution in [2.24, 2.45) is 0 Å². The van der Waals surface area contributed by atoms with Crippen LogP contribution in [0.1, 0.15) is 12.5 Å². The van der Waals surface area contributed by atoms with Gasteiger partial charge in [0.15, 0.2) is 5.65 Å². The highest BCUT2D eigenvalue weighted by Crippen LogP contribution is 2.25. The second-order valence-corrected chi connectivity index (χ2v) is 4.80. The molecule has 0 atom stereocenters. The van der Waals surface area contributed by atoms with Gasteiger partial charge in [0.1, 0.15) is 12.0 Å². The molecule has 5 heteroatoms. The second kappa shape index (κ2) is 4.16. The molecule has 0 spiro atoms. The summed E-state index contributed by atoms with van der Waals surface area (Å²) in [6.45, 7) is 2.15. The molecular formula is C15H13N5. The number of aryl methyl sites for hydroxylation is 1. The zero-order valence-electron chi connectivity index (χ0n) is 11.0. The molecule has 0 aliphatic rings. The number of pyridine rings is 2. The van der Waals surface area contributed by atoms with E-state index in [2.05, 4.69) is 33.2 Å². The Morgan fingerprint density at radius 2 is 2.20 bits per heavy atom. The summed E-state index contributed by atoms with van der Waals surface area (Å²) in [4.78, 5) is 7.70. The molecule has 0 unspecified atom stereocenters. The first kappa shape index (κ1) is 11.2. The van der Waals surface area contributed by atoms with E-state index in [4.69, 9.17) is 0 Å². The maximum Gasteiger partial charge on any atom is 0.160 e. The maximum absolute atomic E-state index is 4.50. The summed E-state index contributed by atoms with van der Waals surface area (Å²) in [6.07, 6.45) is 8.65. The smallest absolute Gasteiger partial charge is 0.160 e. The van der Waals surface area contributed by atoms with Gasteiger partial charge >= 0.3 is 0 Å². The first-order chi connectivity index (χ1) is 9.85. The number of nitrogens with one attached hydrogen (secondary N) is 1. The number of rotatable bonds is 2. The van der Waals surface area contributed by atoms with E-state index in [1.54, 1.807) is 6.33 Å². The number of hydrogen-bond acceptors (Lipinski definition) is 3. The fraction of sp³-hybridized carbons (Fsp3) is 0.133. The number of aromatic nitrogens is 5. The van der Waals surface area contributed by atoms with Gasteiger partial charge in [0.05, 0.1) is 0 Å². The standard InChI is InChI=1S/C15H13N5/c1-2-10-6-16-15-13(10)5-12(7-17-15)11-3-4-14-19-18-9-20(14)8-11/h3-9H,2H2,1H3,(H,16,17). The lowest BCUT2D eigenvalue weighted by molar-refractivity contribution is 1.10. The Morgan fingerprint density at radius 3 is 3.10 bits per heavy atom. The van der Waals surface area contributed by atoms with Crippen LogP contribution in [0.4, 0.5) is 0 Å². The van der Waals surface area contributed by atoms with Crippen LogP contribution in [0, 0.1) is 0 Å². The highest BCUT2D eigenvalue weighted by atomic mass is 15.2. The Morgan fingerprint density at radius 1 is 1.25 bits per heavy atom. The molecule has 4 rings (SSSR count). The van der Waals surface area contributed by atoms with Crippen LogP contribution in [0.5, 0.6) is 0 Å². The van der Waals surface area contributed by atoms with Crippen LogP contribution in [-0.2, 0) is 6.42 Å². The van der Waals surface area contributed by atoms with E-state index in [0.29, 0.717) is 0 Å². The van der Waals surface area contributed by atoms with Gasteiger partial charge in [-0.3, -0.25) is 4.40 Å². The van der Waals surface area contributed by atoms with Gasteiger partial charge < -0.3 is 4.98 Å². The van der Waals surface area contributed by atoms with Crippen molar-refractivity contribution in [3.8, 4) is 11.1 Å². The lowest BCUT2D eigenvalue weighted by Gasteiger charge is -2.03. The van der Waals surface area contributed by atoms with Gasteiger partial charge in [-0.25, -0.2) is 4.98 Å². The second-order valence-electron chi connectivity index (χ2n) is 4.80. The predicted octanol–water partition coefficient (Wildman–Crippen LogP) is 2.84. The molecule has 0 saturated heterocycles. The minimum absolute atomic E-state index is 0.846. The van der Waals surface area contributed by atoms with Crippen molar-refractivity contribution in [1.82, 2.24) is 24.6 Å². The quantitative estimate of drug-likeness (QED) is 0.605. The van der Waals surface area contributed by atoms with Crippen LogP contribution in [0.3, 0.4) is 0 Å². The van der Waals surface area contributed by atoms with Crippen LogP contribution in [0.15, 0.2) is 43.1 Å². The molecule has 4 aromatic rings. The lowest BCUT2D eigenvalue weighted by atomic mass is 10.1. The summed E-state index contributed by atoms with van der Waals surface area (Å²) < 4.78 is 1.91. The Bertz CT molecular complexity index is 903. The Hall–Kier alpha value is -2.69. The average Bonchev–Trinajstić information content (AvgIpc) is 3.12. The van der Waals surface area contributed by atoms with E-state index >= 15 is 0 Å². The molecular weight excluding hydrogens is 250 g/mol. The maximum atomic E-state index is 4.50. The topological polar surface area (TPSA) is 58.9 Å². The van der Waals surface area contributed by atoms with Crippen molar-refractivity contribution < 1.29 is 0 Å². The normalized spacial score (nSPS) is 11.4. The average molecular weight is 263 g/mol. The number of nitrogens with zero attached hydrogens (tertiary/aromatic N) is 4. The first-order valence-corrected chi connectivity index (χ1v) is 6.61. The Balaban J connectivity index is 1.91. The molecule has 0 bridgehead atoms. The van der Waals surface area contributed by atoms with Crippen molar-refractivity contribution in [3.05, 3.63) is 48.7 Å². The van der Waals surface area contributed by atoms with Crippen molar-refractivity contribution in [2.75, 3.05) is 0 Å². The molecule has 0 aromatic carbocycles. The third-order valence-corrected chi connectivity index (χ3v) is 3.62. The van der Waals surface area contributed by atoms with E-state index in [1.165, 1.54) is 10.9 Å². The highest BCUT2D eigenvalue weighted by molar-refractivity contribution is 5.84. The lowest BCUT2D eigenvalue weighted by Crippen LogP contribution is -1.87. The molecule has 1 N–H and O–H groups in total. The number of fused-ring (bicyclic) bond motifs is 2. The van der Waals surface area contributed by atoms with Crippen molar-refractivity contribution in [3.63, 3.8) is 0 Å². The van der Waals surface area contributed by atoms with Crippen LogP contribution in [0.2, 0.25) is 0 Å². The monoisotopic (exact) mass is 263 g/mol. The highest BCUT2D eigenvalue weighted by Gasteiger charge is 2.06. The summed E-state index contributed by atoms with van der Waals surface area (Å²) >= 11 is 0. The van der Waals surface area contributed by atoms with Gasteiger partial charge in [-0.15, -0.1) is 10.2 Å². The van der Waals surface area contributed by atoms with Gasteiger partial charge in [0.25, 0.3) is 0 Å². The summed E-state index contributed by atoms with van der Waals surface area (Å²) in [5.74, 6) is 0. The molecule has 5 nitrogen and oxygen atoms in total. The fourth-order valence-corrected chi connectivity index (χ4v) is 2.51. The summed E-state index contributed by atoms with van der Waals surface area (Å²) in [5, 5.41) is 9.10. The Labute approximate surface area is 115 Å². The number of H-pyrrole nitrogens is 1. The number of aromatic amines is 1. The largest absolute Gasteiger partial charge is 0.346 e. The molecule has 0 aliphatic carbocycles. The SMILES string of the molecule is CCc1c[nH]c2ncc(-c3ccc4nncn4c3)cc12. The fourth-order valence-electron chi connectivity index (χ4n) is 2.51. The number of hydrogen-bond donors (Lipinski definition) is 1. The zero-order chi connectivity index (χ0) is 13.5. The van der Waals surface area contributed by atoms with Crippen LogP contribution < -0.4 is 0 Å². The molecule has 4 aromatic heterocycles. The van der Waals surface area contributed by atoms with Crippen LogP contribution in [-0.4, -0.2) is 24.6 Å². The molecule has 0 saturated carbocycles. The van der Waals surface area contributed by atoms with E-state index < -0.39 is 0 Å². The molecule has 0 radical (unpaired) electrons. The van der Waals surface area contributed by atoms with E-state index in [1.807, 2.05) is 35.1 Å². The van der Waals surface area contributed by atoms with E-state index in [-0.39, 0.29) is 0 Å². The third-order valence-electron chi connectivity index (χ3n) is 3.62. The molecule has 0 aliphatic heterocycles. The van der Waals surface area contributed by atoms with Gasteiger partial charge in [-0.05, 0) is 30.2 Å². The van der Waals surface area contributed by atoms with Crippen molar-refractivity contribution in [1.29, 1.82) is 0 Å². The summed E-state index contributed by atoms with van der Waals surface area (Å²) in [7, 11) is 0. The molecule has 0 fully saturated rings. The van der Waals surface area contributed by atoms with Crippen molar-refractivity contribution >= 4 is 16.7 Å². The van der Waals surface area contributed by atoms with Gasteiger partial charge in [0, 0.05) is 35.1 Å². The van der Waals surface area contributed by atoms with E-state index in [0.717, 1.165) is 28.8 Å². The molecule has 4 heterocycles. The van der Waals surface area contributed by atoms with Gasteiger partial charge in [0.2, 0.25) is 0 Å². The van der Waals surface area contributed by atoms with Gasteiger partial charge in [-0.2, -0.15) is 0 Å². The van der Waals surface area contributed by atoms with Crippen LogP contribution in [0.25, 0.3) is 27.8 Å². The minimum Gasteiger partial charge on any atom is -0.346 e. The van der Waals surface area contributed by atoms with Crippen LogP contribution >= 0.6 is 0 Å². The molecule has 20 heavy (non-hydrogen) atoms. The zero-order valence-corrected chi connectivity index (χ0v) is 11.0.